The van der Waals surface area contributed by atoms with Crippen molar-refractivity contribution in [1.29, 1.82) is 0 Å². The molecule has 2 heterocycles. The van der Waals surface area contributed by atoms with Crippen LogP contribution >= 0.6 is 0 Å². The second kappa shape index (κ2) is 5.76. The molecule has 1 atom stereocenters. The fourth-order valence-electron chi connectivity index (χ4n) is 2.88. The molecule has 24 heavy (non-hydrogen) atoms. The molecular formula is C15H13N3O6. The molecule has 1 saturated heterocycles. The Morgan fingerprint density at radius 2 is 2.00 bits per heavy atom. The quantitative estimate of drug-likeness (QED) is 0.493. The number of hydrogen-bond donors (Lipinski definition) is 3. The number of rotatable bonds is 2. The van der Waals surface area contributed by atoms with Crippen LogP contribution in [0, 0.1) is 0 Å². The molecule has 2 aliphatic heterocycles. The average Bonchev–Trinajstić information content (AvgIpc) is 2.85. The summed E-state index contributed by atoms with van der Waals surface area (Å²) in [4.78, 5) is 59.1. The highest BCUT2D eigenvalue weighted by molar-refractivity contribution is 6.36. The molecular weight excluding hydrogens is 318 g/mol. The number of carboxylic acids is 1. The summed E-state index contributed by atoms with van der Waals surface area (Å²) < 4.78 is 0. The van der Waals surface area contributed by atoms with Crippen LogP contribution in [-0.4, -0.2) is 45.6 Å². The van der Waals surface area contributed by atoms with E-state index in [9.17, 15) is 24.0 Å². The smallest absolute Gasteiger partial charge is 0.394 e. The van der Waals surface area contributed by atoms with Gasteiger partial charge in [0.1, 0.15) is 6.04 Å². The average molecular weight is 331 g/mol. The molecule has 0 bridgehead atoms. The first-order valence-electron chi connectivity index (χ1n) is 7.19. The van der Waals surface area contributed by atoms with E-state index in [1.165, 1.54) is 17.0 Å². The topological polar surface area (TPSA) is 133 Å². The predicted molar refractivity (Wildman–Crippen MR) is 78.8 cm³/mol. The number of nitrogens with one attached hydrogen (secondary N) is 2. The van der Waals surface area contributed by atoms with Crippen LogP contribution in [-0.2, 0) is 25.7 Å². The third-order valence-corrected chi connectivity index (χ3v) is 4.02. The van der Waals surface area contributed by atoms with E-state index >= 15 is 0 Å². The number of hydrogen-bond acceptors (Lipinski definition) is 5. The molecule has 3 rings (SSSR count). The maximum Gasteiger partial charge on any atom is 0.394 e. The highest BCUT2D eigenvalue weighted by Crippen LogP contribution is 2.32. The Morgan fingerprint density at radius 1 is 1.25 bits per heavy atom. The zero-order valence-corrected chi connectivity index (χ0v) is 12.4. The van der Waals surface area contributed by atoms with Crippen LogP contribution in [0.4, 0.5) is 5.69 Å². The van der Waals surface area contributed by atoms with Gasteiger partial charge in [0, 0.05) is 29.8 Å². The van der Waals surface area contributed by atoms with E-state index in [0.717, 1.165) is 0 Å². The van der Waals surface area contributed by atoms with Crippen LogP contribution in [0.25, 0.3) is 0 Å². The van der Waals surface area contributed by atoms with Gasteiger partial charge in [0.15, 0.2) is 0 Å². The second-order valence-electron chi connectivity index (χ2n) is 5.49. The number of carbonyl (C=O) groups is 5. The van der Waals surface area contributed by atoms with E-state index in [0.29, 0.717) is 11.1 Å². The zero-order chi connectivity index (χ0) is 17.4. The first-order chi connectivity index (χ1) is 11.4. The van der Waals surface area contributed by atoms with Crippen molar-refractivity contribution in [2.24, 2.45) is 0 Å². The van der Waals surface area contributed by atoms with E-state index < -0.39 is 29.7 Å². The lowest BCUT2D eigenvalue weighted by molar-refractivity contribution is -0.147. The van der Waals surface area contributed by atoms with Gasteiger partial charge in [-0.05, 0) is 18.6 Å². The summed E-state index contributed by atoms with van der Waals surface area (Å²) in [6, 6.07) is 3.77. The number of fused-ring (bicyclic) bond motifs is 1. The summed E-state index contributed by atoms with van der Waals surface area (Å²) in [6.45, 7) is 0.0521. The van der Waals surface area contributed by atoms with Crippen molar-refractivity contribution in [1.82, 2.24) is 10.2 Å². The number of carboxylic acid groups (broad SMARTS) is 1. The van der Waals surface area contributed by atoms with Crippen molar-refractivity contribution < 1.29 is 29.1 Å². The van der Waals surface area contributed by atoms with E-state index in [1.54, 1.807) is 6.07 Å². The summed E-state index contributed by atoms with van der Waals surface area (Å²) in [5.41, 5.74) is 0.952. The van der Waals surface area contributed by atoms with Crippen molar-refractivity contribution in [3.05, 3.63) is 29.3 Å². The molecule has 1 fully saturated rings. The third kappa shape index (κ3) is 2.60. The first kappa shape index (κ1) is 15.7. The normalized spacial score (nSPS) is 19.8. The highest BCUT2D eigenvalue weighted by atomic mass is 16.4. The van der Waals surface area contributed by atoms with Gasteiger partial charge in [-0.3, -0.25) is 24.5 Å². The van der Waals surface area contributed by atoms with Crippen LogP contribution in [0.15, 0.2) is 18.2 Å². The largest absolute Gasteiger partial charge is 0.474 e. The van der Waals surface area contributed by atoms with Crippen LogP contribution in [0.2, 0.25) is 0 Å². The number of carbonyl (C=O) groups excluding carboxylic acids is 4. The van der Waals surface area contributed by atoms with E-state index in [-0.39, 0.29) is 31.0 Å². The van der Waals surface area contributed by atoms with Gasteiger partial charge in [0.25, 0.3) is 5.91 Å². The van der Waals surface area contributed by atoms with Gasteiger partial charge in [0.2, 0.25) is 11.8 Å². The summed E-state index contributed by atoms with van der Waals surface area (Å²) >= 11 is 0. The van der Waals surface area contributed by atoms with E-state index in [4.69, 9.17) is 5.11 Å². The second-order valence-corrected chi connectivity index (χ2v) is 5.49. The molecule has 124 valence electrons. The van der Waals surface area contributed by atoms with Crippen molar-refractivity contribution in [2.45, 2.75) is 25.4 Å². The molecule has 2 aliphatic rings. The number of aliphatic carboxylic acids is 1. The Bertz CT molecular complexity index is 787. The van der Waals surface area contributed by atoms with Gasteiger partial charge in [0.05, 0.1) is 0 Å². The number of imide groups is 1. The standard InChI is InChI=1S/C15H13N3O6/c19-11-5-4-10(12(20)17-11)18-6-8-7(14(18)22)2-1-3-9(8)16-13(21)15(23)24/h1-3,10H,4-6H2,(H,16,21)(H,23,24)(H,17,19,20). The molecule has 0 radical (unpaired) electrons. The van der Waals surface area contributed by atoms with Gasteiger partial charge in [-0.2, -0.15) is 0 Å². The molecule has 0 saturated carbocycles. The molecule has 1 aromatic rings. The van der Waals surface area contributed by atoms with Crippen molar-refractivity contribution in [3.63, 3.8) is 0 Å². The van der Waals surface area contributed by atoms with Crippen LogP contribution in [0.1, 0.15) is 28.8 Å². The lowest BCUT2D eigenvalue weighted by Crippen LogP contribution is -2.52. The van der Waals surface area contributed by atoms with Crippen molar-refractivity contribution in [2.75, 3.05) is 5.32 Å². The van der Waals surface area contributed by atoms with E-state index in [2.05, 4.69) is 10.6 Å². The van der Waals surface area contributed by atoms with Crippen molar-refractivity contribution >= 4 is 35.3 Å². The number of piperidine rings is 1. The predicted octanol–water partition coefficient (Wildman–Crippen LogP) is -0.529. The van der Waals surface area contributed by atoms with Crippen LogP contribution in [0.3, 0.4) is 0 Å². The van der Waals surface area contributed by atoms with Gasteiger partial charge < -0.3 is 15.3 Å². The minimum atomic E-state index is -1.64. The number of anilines is 1. The molecule has 0 spiro atoms. The lowest BCUT2D eigenvalue weighted by Gasteiger charge is -2.29. The van der Waals surface area contributed by atoms with Gasteiger partial charge in [-0.25, -0.2) is 4.79 Å². The minimum absolute atomic E-state index is 0.0521. The molecule has 9 nitrogen and oxygen atoms in total. The Hall–Kier alpha value is -3.23. The lowest BCUT2D eigenvalue weighted by atomic mass is 10.0. The Labute approximate surface area is 135 Å². The van der Waals surface area contributed by atoms with Crippen LogP contribution < -0.4 is 10.6 Å². The molecule has 4 amide bonds. The Kier molecular flexibility index (Phi) is 3.76. The summed E-state index contributed by atoms with van der Waals surface area (Å²) in [6.07, 6.45) is 0.361. The van der Waals surface area contributed by atoms with E-state index in [1.807, 2.05) is 0 Å². The van der Waals surface area contributed by atoms with Crippen molar-refractivity contribution in [3.8, 4) is 0 Å². The number of nitrogens with zero attached hydrogens (tertiary/aromatic N) is 1. The minimum Gasteiger partial charge on any atom is -0.474 e. The molecule has 9 heteroatoms. The monoisotopic (exact) mass is 331 g/mol. The molecule has 3 N–H and O–H groups in total. The van der Waals surface area contributed by atoms with Gasteiger partial charge in [-0.15, -0.1) is 0 Å². The van der Waals surface area contributed by atoms with Gasteiger partial charge in [-0.1, -0.05) is 6.07 Å². The SMILES string of the molecule is O=C1CCC(N2Cc3c(NC(=O)C(=O)O)cccc3C2=O)C(=O)N1. The fraction of sp³-hybridized carbons (Fsp3) is 0.267. The fourth-order valence-corrected chi connectivity index (χ4v) is 2.88. The molecule has 0 aromatic heterocycles. The Balaban J connectivity index is 1.87. The zero-order valence-electron chi connectivity index (χ0n) is 12.4. The molecule has 0 aliphatic carbocycles. The number of amides is 4. The summed E-state index contributed by atoms with van der Waals surface area (Å²) in [5, 5.41) is 13.1. The maximum atomic E-state index is 12.5. The Morgan fingerprint density at radius 3 is 2.67 bits per heavy atom. The summed E-state index contributed by atoms with van der Waals surface area (Å²) in [5.74, 6) is -4.17. The molecule has 1 unspecified atom stereocenters. The third-order valence-electron chi connectivity index (χ3n) is 4.02. The van der Waals surface area contributed by atoms with Gasteiger partial charge >= 0.3 is 11.9 Å². The number of benzene rings is 1. The maximum absolute atomic E-state index is 12.5. The highest BCUT2D eigenvalue weighted by Gasteiger charge is 2.40. The van der Waals surface area contributed by atoms with Crippen LogP contribution in [0.5, 0.6) is 0 Å². The first-order valence-corrected chi connectivity index (χ1v) is 7.19. The molecule has 1 aromatic carbocycles. The summed E-state index contributed by atoms with van der Waals surface area (Å²) in [7, 11) is 0.